The van der Waals surface area contributed by atoms with Gasteiger partial charge in [0, 0.05) is 10.7 Å². The summed E-state index contributed by atoms with van der Waals surface area (Å²) in [5.41, 5.74) is 5.14. The summed E-state index contributed by atoms with van der Waals surface area (Å²) in [7, 11) is 0. The largest absolute Gasteiger partial charge is 0.450 e. The zero-order chi connectivity index (χ0) is 23.4. The van der Waals surface area contributed by atoms with E-state index in [4.69, 9.17) is 16.0 Å². The van der Waals surface area contributed by atoms with Gasteiger partial charge in [-0.25, -0.2) is 0 Å². The summed E-state index contributed by atoms with van der Waals surface area (Å²) < 4.78 is 6.05. The molecule has 5 rings (SSSR count). The maximum absolute atomic E-state index is 13.7. The van der Waals surface area contributed by atoms with Gasteiger partial charge < -0.3 is 4.42 Å². The SMILES string of the molecule is Cc1ccc2oc3c(c(=O)c2c1)C(c1ccc(C(C)C)cc1)N(c1ccc(C)c(Cl)c1)C3=O. The van der Waals surface area contributed by atoms with Gasteiger partial charge in [0.2, 0.25) is 5.76 Å². The molecule has 1 aromatic heterocycles. The first-order valence-electron chi connectivity index (χ1n) is 11.0. The lowest BCUT2D eigenvalue weighted by atomic mass is 9.95. The van der Waals surface area contributed by atoms with Crippen LogP contribution in [0.15, 0.2) is 69.9 Å². The molecule has 33 heavy (non-hydrogen) atoms. The van der Waals surface area contributed by atoms with Gasteiger partial charge in [-0.1, -0.05) is 67.4 Å². The van der Waals surface area contributed by atoms with Crippen LogP contribution in [0.2, 0.25) is 5.02 Å². The summed E-state index contributed by atoms with van der Waals surface area (Å²) >= 11 is 6.41. The molecule has 1 amide bonds. The van der Waals surface area contributed by atoms with Crippen molar-refractivity contribution in [3.05, 3.63) is 109 Å². The highest BCUT2D eigenvalue weighted by Gasteiger charge is 2.43. The van der Waals surface area contributed by atoms with Crippen molar-refractivity contribution in [2.24, 2.45) is 0 Å². The maximum atomic E-state index is 13.7. The Morgan fingerprint density at radius 1 is 0.939 bits per heavy atom. The molecular weight excluding hydrogens is 434 g/mol. The Morgan fingerprint density at radius 2 is 1.67 bits per heavy atom. The highest BCUT2D eigenvalue weighted by molar-refractivity contribution is 6.31. The van der Waals surface area contributed by atoms with Crippen LogP contribution in [0, 0.1) is 13.8 Å². The lowest BCUT2D eigenvalue weighted by Crippen LogP contribution is -2.29. The van der Waals surface area contributed by atoms with Crippen molar-refractivity contribution in [1.82, 2.24) is 0 Å². The average molecular weight is 458 g/mol. The minimum atomic E-state index is -0.603. The molecule has 0 spiro atoms. The second-order valence-electron chi connectivity index (χ2n) is 9.01. The van der Waals surface area contributed by atoms with Crippen LogP contribution in [-0.4, -0.2) is 5.91 Å². The molecule has 0 fully saturated rings. The van der Waals surface area contributed by atoms with Gasteiger partial charge in [0.15, 0.2) is 5.43 Å². The zero-order valence-electron chi connectivity index (χ0n) is 19.0. The number of halogens is 1. The second-order valence-corrected chi connectivity index (χ2v) is 9.41. The topological polar surface area (TPSA) is 50.5 Å². The number of carbonyl (C=O) groups excluding carboxylic acids is 1. The molecule has 0 N–H and O–H groups in total. The van der Waals surface area contributed by atoms with Gasteiger partial charge in [0.1, 0.15) is 5.58 Å². The van der Waals surface area contributed by atoms with E-state index < -0.39 is 6.04 Å². The molecule has 1 atom stereocenters. The molecule has 4 aromatic rings. The smallest absolute Gasteiger partial charge is 0.295 e. The van der Waals surface area contributed by atoms with Crippen molar-refractivity contribution in [2.75, 3.05) is 4.90 Å². The van der Waals surface area contributed by atoms with E-state index >= 15 is 0 Å². The number of anilines is 1. The first-order chi connectivity index (χ1) is 15.8. The Kier molecular flexibility index (Phi) is 5.13. The van der Waals surface area contributed by atoms with Crippen molar-refractivity contribution < 1.29 is 9.21 Å². The van der Waals surface area contributed by atoms with E-state index in [0.29, 0.717) is 33.2 Å². The maximum Gasteiger partial charge on any atom is 0.295 e. The molecule has 3 aromatic carbocycles. The van der Waals surface area contributed by atoms with Gasteiger partial charge >= 0.3 is 0 Å². The van der Waals surface area contributed by atoms with Crippen LogP contribution in [0.25, 0.3) is 11.0 Å². The lowest BCUT2D eigenvalue weighted by Gasteiger charge is -2.26. The average Bonchev–Trinajstić information content (AvgIpc) is 3.09. The van der Waals surface area contributed by atoms with Gasteiger partial charge in [0.05, 0.1) is 17.0 Å². The summed E-state index contributed by atoms with van der Waals surface area (Å²) in [6.45, 7) is 8.11. The van der Waals surface area contributed by atoms with Crippen LogP contribution in [-0.2, 0) is 0 Å². The number of fused-ring (bicyclic) bond motifs is 2. The van der Waals surface area contributed by atoms with Crippen LogP contribution < -0.4 is 10.3 Å². The van der Waals surface area contributed by atoms with E-state index in [1.807, 2.05) is 50.2 Å². The zero-order valence-corrected chi connectivity index (χ0v) is 19.7. The van der Waals surface area contributed by atoms with Gasteiger partial charge in [-0.2, -0.15) is 0 Å². The fourth-order valence-corrected chi connectivity index (χ4v) is 4.64. The normalized spacial score (nSPS) is 15.5. The molecule has 0 radical (unpaired) electrons. The van der Waals surface area contributed by atoms with Crippen molar-refractivity contribution in [3.63, 3.8) is 0 Å². The Morgan fingerprint density at radius 3 is 2.33 bits per heavy atom. The highest BCUT2D eigenvalue weighted by Crippen LogP contribution is 2.42. The van der Waals surface area contributed by atoms with Gasteiger partial charge in [-0.15, -0.1) is 0 Å². The van der Waals surface area contributed by atoms with Crippen molar-refractivity contribution in [1.29, 1.82) is 0 Å². The minimum absolute atomic E-state index is 0.0889. The van der Waals surface area contributed by atoms with E-state index in [1.54, 1.807) is 17.0 Å². The van der Waals surface area contributed by atoms with Crippen molar-refractivity contribution >= 4 is 34.2 Å². The second kappa shape index (κ2) is 7.89. The van der Waals surface area contributed by atoms with E-state index in [-0.39, 0.29) is 17.1 Å². The lowest BCUT2D eigenvalue weighted by molar-refractivity contribution is 0.0971. The Hall–Kier alpha value is -3.37. The summed E-state index contributed by atoms with van der Waals surface area (Å²) in [5.74, 6) is 0.119. The molecule has 1 unspecified atom stereocenters. The van der Waals surface area contributed by atoms with E-state index in [2.05, 4.69) is 26.0 Å². The molecule has 2 heterocycles. The molecule has 1 aliphatic heterocycles. The third-order valence-corrected chi connectivity index (χ3v) is 6.79. The van der Waals surface area contributed by atoms with E-state index in [0.717, 1.165) is 16.7 Å². The molecule has 4 nitrogen and oxygen atoms in total. The summed E-state index contributed by atoms with van der Waals surface area (Å²) in [6, 6.07) is 18.4. The van der Waals surface area contributed by atoms with Crippen LogP contribution in [0.5, 0.6) is 0 Å². The number of hydrogen-bond donors (Lipinski definition) is 0. The molecule has 0 bridgehead atoms. The monoisotopic (exact) mass is 457 g/mol. The molecule has 0 saturated heterocycles. The third-order valence-electron chi connectivity index (χ3n) is 6.38. The predicted molar refractivity (Wildman–Crippen MR) is 133 cm³/mol. The Labute approximate surface area is 197 Å². The van der Waals surface area contributed by atoms with Crippen LogP contribution in [0.4, 0.5) is 5.69 Å². The van der Waals surface area contributed by atoms with Gasteiger partial charge in [-0.3, -0.25) is 14.5 Å². The van der Waals surface area contributed by atoms with Gasteiger partial charge in [-0.05, 0) is 60.7 Å². The van der Waals surface area contributed by atoms with Crippen LogP contribution >= 0.6 is 11.6 Å². The molecule has 0 saturated carbocycles. The molecule has 5 heteroatoms. The summed E-state index contributed by atoms with van der Waals surface area (Å²) in [4.78, 5) is 29.0. The molecule has 0 aliphatic carbocycles. The number of benzene rings is 3. The first kappa shape index (κ1) is 21.5. The fourth-order valence-electron chi connectivity index (χ4n) is 4.46. The molecular formula is C28H24ClNO3. The van der Waals surface area contributed by atoms with Crippen molar-refractivity contribution in [2.45, 2.75) is 39.7 Å². The quantitative estimate of drug-likeness (QED) is 0.335. The Bertz CT molecular complexity index is 1470. The Balaban J connectivity index is 1.79. The third kappa shape index (κ3) is 3.46. The summed E-state index contributed by atoms with van der Waals surface area (Å²) in [6.07, 6.45) is 0. The highest BCUT2D eigenvalue weighted by atomic mass is 35.5. The van der Waals surface area contributed by atoms with Crippen molar-refractivity contribution in [3.8, 4) is 0 Å². The first-order valence-corrected chi connectivity index (χ1v) is 11.4. The fraction of sp³-hybridized carbons (Fsp3) is 0.214. The van der Waals surface area contributed by atoms with Gasteiger partial charge in [0.25, 0.3) is 5.91 Å². The van der Waals surface area contributed by atoms with E-state index in [1.165, 1.54) is 5.56 Å². The number of rotatable bonds is 3. The van der Waals surface area contributed by atoms with Crippen LogP contribution in [0.1, 0.15) is 64.2 Å². The predicted octanol–water partition coefficient (Wildman–Crippen LogP) is 6.94. The number of nitrogens with zero attached hydrogens (tertiary/aromatic N) is 1. The van der Waals surface area contributed by atoms with Crippen LogP contribution in [0.3, 0.4) is 0 Å². The summed E-state index contributed by atoms with van der Waals surface area (Å²) in [5, 5.41) is 1.04. The van der Waals surface area contributed by atoms with E-state index in [9.17, 15) is 9.59 Å². The molecule has 166 valence electrons. The number of aryl methyl sites for hydroxylation is 2. The number of carbonyl (C=O) groups is 1. The molecule has 1 aliphatic rings. The minimum Gasteiger partial charge on any atom is -0.450 e. The number of amides is 1. The standard InChI is InChI=1S/C28H24ClNO3/c1-15(2)18-7-9-19(10-8-18)25-24-26(31)21-13-16(3)5-12-23(21)33-27(24)28(32)30(25)20-11-6-17(4)22(29)14-20/h5-15,25H,1-4H3. The number of hydrogen-bond acceptors (Lipinski definition) is 3.